The Morgan fingerprint density at radius 1 is 1.38 bits per heavy atom. The molecule has 0 bridgehead atoms. The highest BCUT2D eigenvalue weighted by Crippen LogP contribution is 2.20. The van der Waals surface area contributed by atoms with Gasteiger partial charge in [-0.1, -0.05) is 23.7 Å². The third-order valence-corrected chi connectivity index (χ3v) is 3.06. The fourth-order valence-electron chi connectivity index (χ4n) is 1.60. The Bertz CT molecular complexity index is 353. The molecular formula is C13H17ClN2. The molecular weight excluding hydrogens is 220 g/mol. The molecule has 0 N–H and O–H groups in total. The molecule has 0 saturated carbocycles. The minimum atomic E-state index is 0.357. The maximum atomic E-state index is 8.48. The van der Waals surface area contributed by atoms with Crippen LogP contribution in [0.5, 0.6) is 0 Å². The van der Waals surface area contributed by atoms with E-state index in [-0.39, 0.29) is 0 Å². The predicted molar refractivity (Wildman–Crippen MR) is 67.3 cm³/mol. The third-order valence-electron chi connectivity index (χ3n) is 2.81. The summed E-state index contributed by atoms with van der Waals surface area (Å²) in [7, 11) is 2.08. The SMILES string of the molecule is CC(c1ccc(Cl)cc1)N(C)CCCC#N. The Balaban J connectivity index is 2.53. The van der Waals surface area contributed by atoms with Crippen LogP contribution < -0.4 is 0 Å². The largest absolute Gasteiger partial charge is 0.300 e. The second kappa shape index (κ2) is 6.52. The van der Waals surface area contributed by atoms with E-state index < -0.39 is 0 Å². The van der Waals surface area contributed by atoms with E-state index in [1.807, 2.05) is 24.3 Å². The first kappa shape index (κ1) is 13.0. The summed E-state index contributed by atoms with van der Waals surface area (Å²) in [4.78, 5) is 2.25. The first-order chi connectivity index (χ1) is 7.65. The highest BCUT2D eigenvalue weighted by Gasteiger charge is 2.10. The zero-order chi connectivity index (χ0) is 12.0. The van der Waals surface area contributed by atoms with Crippen LogP contribution in [0.4, 0.5) is 0 Å². The van der Waals surface area contributed by atoms with Gasteiger partial charge in [0.1, 0.15) is 0 Å². The van der Waals surface area contributed by atoms with Gasteiger partial charge in [0.25, 0.3) is 0 Å². The van der Waals surface area contributed by atoms with Gasteiger partial charge in [0, 0.05) is 17.5 Å². The van der Waals surface area contributed by atoms with Crippen LogP contribution in [0.3, 0.4) is 0 Å². The van der Waals surface area contributed by atoms with Gasteiger partial charge in [-0.15, -0.1) is 0 Å². The lowest BCUT2D eigenvalue weighted by Gasteiger charge is -2.24. The number of nitrogens with zero attached hydrogens (tertiary/aromatic N) is 2. The Labute approximate surface area is 102 Å². The predicted octanol–water partition coefficient (Wildman–Crippen LogP) is 3.64. The molecule has 0 radical (unpaired) electrons. The van der Waals surface area contributed by atoms with Crippen molar-refractivity contribution < 1.29 is 0 Å². The highest BCUT2D eigenvalue weighted by atomic mass is 35.5. The molecule has 1 rings (SSSR count). The normalized spacial score (nSPS) is 12.4. The standard InChI is InChI=1S/C13H17ClN2/c1-11(16(2)10-4-3-9-15)12-5-7-13(14)8-6-12/h5-8,11H,3-4,10H2,1-2H3. The summed E-state index contributed by atoms with van der Waals surface area (Å²) in [6, 6.07) is 10.4. The van der Waals surface area contributed by atoms with Gasteiger partial charge < -0.3 is 0 Å². The number of hydrogen-bond acceptors (Lipinski definition) is 2. The first-order valence-electron chi connectivity index (χ1n) is 5.48. The summed E-state index contributed by atoms with van der Waals surface area (Å²) in [5.41, 5.74) is 1.25. The van der Waals surface area contributed by atoms with Crippen molar-refractivity contribution in [1.29, 1.82) is 5.26 Å². The zero-order valence-electron chi connectivity index (χ0n) is 9.78. The average molecular weight is 237 g/mol. The van der Waals surface area contributed by atoms with Gasteiger partial charge in [0.15, 0.2) is 0 Å². The van der Waals surface area contributed by atoms with E-state index in [2.05, 4.69) is 24.9 Å². The molecule has 86 valence electrons. The third kappa shape index (κ3) is 3.84. The van der Waals surface area contributed by atoms with E-state index in [9.17, 15) is 0 Å². The van der Waals surface area contributed by atoms with Gasteiger partial charge in [-0.3, -0.25) is 4.90 Å². The quantitative estimate of drug-likeness (QED) is 0.730. The topological polar surface area (TPSA) is 27.0 Å². The van der Waals surface area contributed by atoms with E-state index in [0.29, 0.717) is 12.5 Å². The molecule has 1 atom stereocenters. The molecule has 0 aliphatic heterocycles. The van der Waals surface area contributed by atoms with E-state index in [4.69, 9.17) is 16.9 Å². The van der Waals surface area contributed by atoms with Crippen molar-refractivity contribution in [3.05, 3.63) is 34.9 Å². The molecule has 0 aliphatic carbocycles. The minimum absolute atomic E-state index is 0.357. The van der Waals surface area contributed by atoms with E-state index >= 15 is 0 Å². The average Bonchev–Trinajstić information content (AvgIpc) is 2.29. The van der Waals surface area contributed by atoms with Crippen LogP contribution in [0.15, 0.2) is 24.3 Å². The molecule has 1 aromatic carbocycles. The maximum Gasteiger partial charge on any atom is 0.0622 e. The molecule has 2 nitrogen and oxygen atoms in total. The summed E-state index contributed by atoms with van der Waals surface area (Å²) in [5, 5.41) is 9.25. The zero-order valence-corrected chi connectivity index (χ0v) is 10.5. The molecule has 0 heterocycles. The number of nitriles is 1. The number of hydrogen-bond donors (Lipinski definition) is 0. The molecule has 3 heteroatoms. The van der Waals surface area contributed by atoms with Crippen LogP contribution in [0.25, 0.3) is 0 Å². The van der Waals surface area contributed by atoms with Crippen molar-refractivity contribution in [3.63, 3.8) is 0 Å². The lowest BCUT2D eigenvalue weighted by Crippen LogP contribution is -2.23. The second-order valence-corrected chi connectivity index (χ2v) is 4.41. The summed E-state index contributed by atoms with van der Waals surface area (Å²) in [6.07, 6.45) is 1.54. The molecule has 0 amide bonds. The van der Waals surface area contributed by atoms with E-state index in [1.54, 1.807) is 0 Å². The fourth-order valence-corrected chi connectivity index (χ4v) is 1.72. The van der Waals surface area contributed by atoms with Gasteiger partial charge in [0.2, 0.25) is 0 Å². The fraction of sp³-hybridized carbons (Fsp3) is 0.462. The summed E-state index contributed by atoms with van der Waals surface area (Å²) < 4.78 is 0. The van der Waals surface area contributed by atoms with Crippen LogP contribution >= 0.6 is 11.6 Å². The first-order valence-corrected chi connectivity index (χ1v) is 5.85. The number of benzene rings is 1. The minimum Gasteiger partial charge on any atom is -0.300 e. The van der Waals surface area contributed by atoms with Crippen molar-refractivity contribution in [3.8, 4) is 6.07 Å². The van der Waals surface area contributed by atoms with Gasteiger partial charge in [-0.05, 0) is 44.6 Å². The van der Waals surface area contributed by atoms with Crippen LogP contribution in [-0.2, 0) is 0 Å². The van der Waals surface area contributed by atoms with Crippen molar-refractivity contribution >= 4 is 11.6 Å². The van der Waals surface area contributed by atoms with Crippen molar-refractivity contribution in [2.45, 2.75) is 25.8 Å². The van der Waals surface area contributed by atoms with E-state index in [1.165, 1.54) is 5.56 Å². The number of rotatable bonds is 5. The van der Waals surface area contributed by atoms with E-state index in [0.717, 1.165) is 18.0 Å². The van der Waals surface area contributed by atoms with Crippen LogP contribution in [0.2, 0.25) is 5.02 Å². The molecule has 16 heavy (non-hydrogen) atoms. The molecule has 1 unspecified atom stereocenters. The Kier molecular flexibility index (Phi) is 5.31. The van der Waals surface area contributed by atoms with Crippen molar-refractivity contribution in [2.75, 3.05) is 13.6 Å². The highest BCUT2D eigenvalue weighted by molar-refractivity contribution is 6.30. The number of unbranched alkanes of at least 4 members (excludes halogenated alkanes) is 1. The van der Waals surface area contributed by atoms with Crippen molar-refractivity contribution in [2.24, 2.45) is 0 Å². The molecule has 0 aromatic heterocycles. The lowest BCUT2D eigenvalue weighted by atomic mass is 10.1. The Morgan fingerprint density at radius 2 is 2.00 bits per heavy atom. The molecule has 0 saturated heterocycles. The summed E-state index contributed by atoms with van der Waals surface area (Å²) in [6.45, 7) is 3.10. The molecule has 0 aliphatic rings. The van der Waals surface area contributed by atoms with Crippen molar-refractivity contribution in [1.82, 2.24) is 4.90 Å². The molecule has 0 spiro atoms. The molecule has 0 fully saturated rings. The van der Waals surface area contributed by atoms with Gasteiger partial charge >= 0.3 is 0 Å². The van der Waals surface area contributed by atoms with Crippen LogP contribution in [0.1, 0.15) is 31.4 Å². The number of halogens is 1. The smallest absolute Gasteiger partial charge is 0.0622 e. The lowest BCUT2D eigenvalue weighted by molar-refractivity contribution is 0.259. The van der Waals surface area contributed by atoms with Crippen LogP contribution in [0, 0.1) is 11.3 Å². The second-order valence-electron chi connectivity index (χ2n) is 3.97. The summed E-state index contributed by atoms with van der Waals surface area (Å²) >= 11 is 5.85. The van der Waals surface area contributed by atoms with Crippen LogP contribution in [-0.4, -0.2) is 18.5 Å². The molecule has 1 aromatic rings. The van der Waals surface area contributed by atoms with Gasteiger partial charge in [0.05, 0.1) is 6.07 Å². The Morgan fingerprint density at radius 3 is 2.56 bits per heavy atom. The maximum absolute atomic E-state index is 8.48. The summed E-state index contributed by atoms with van der Waals surface area (Å²) in [5.74, 6) is 0. The van der Waals surface area contributed by atoms with Gasteiger partial charge in [-0.2, -0.15) is 5.26 Å². The van der Waals surface area contributed by atoms with Gasteiger partial charge in [-0.25, -0.2) is 0 Å². The monoisotopic (exact) mass is 236 g/mol. The Hall–Kier alpha value is -1.04.